The summed E-state index contributed by atoms with van der Waals surface area (Å²) in [5.74, 6) is 0.929. The normalized spacial score (nSPS) is 16.0. The standard InChI is InChI=1S/C28H28FN7O3/c1-27(2,3)39-26(37)36-12-11-28(36)15-35(16-28)22-10-9-21-23(34-22)24(32-17-31-21)33-18-13-20(29)25(30-14-18)38-19-7-5-4-6-8-19/h4-10,13-14,17H,11-12,15-16H2,1-3H3,(H,31,32,33). The number of rotatable bonds is 5. The smallest absolute Gasteiger partial charge is 0.410 e. The molecule has 1 amide bonds. The number of aromatic nitrogens is 4. The Labute approximate surface area is 224 Å². The Morgan fingerprint density at radius 2 is 1.87 bits per heavy atom. The number of fused-ring (bicyclic) bond motifs is 1. The molecule has 0 radical (unpaired) electrons. The van der Waals surface area contributed by atoms with Crippen molar-refractivity contribution in [1.29, 1.82) is 0 Å². The number of nitrogens with one attached hydrogen (secondary N) is 1. The Morgan fingerprint density at radius 1 is 1.08 bits per heavy atom. The first-order valence-electron chi connectivity index (χ1n) is 12.7. The van der Waals surface area contributed by atoms with Crippen LogP contribution in [0.1, 0.15) is 27.2 Å². The van der Waals surface area contributed by atoms with Crippen molar-refractivity contribution in [3.8, 4) is 11.6 Å². The minimum absolute atomic E-state index is 0.122. The number of benzene rings is 1. The van der Waals surface area contributed by atoms with Crippen LogP contribution in [0.3, 0.4) is 0 Å². The molecule has 10 nitrogen and oxygen atoms in total. The second-order valence-corrected chi connectivity index (χ2v) is 10.8. The van der Waals surface area contributed by atoms with E-state index >= 15 is 0 Å². The van der Waals surface area contributed by atoms with Gasteiger partial charge < -0.3 is 19.7 Å². The highest BCUT2D eigenvalue weighted by atomic mass is 19.1. The molecule has 1 N–H and O–H groups in total. The third kappa shape index (κ3) is 4.87. The number of carbonyl (C=O) groups excluding carboxylic acids is 1. The van der Waals surface area contributed by atoms with Crippen molar-refractivity contribution in [3.63, 3.8) is 0 Å². The molecule has 200 valence electrons. The molecule has 11 heteroatoms. The van der Waals surface area contributed by atoms with E-state index in [2.05, 4.69) is 25.2 Å². The van der Waals surface area contributed by atoms with Gasteiger partial charge in [-0.1, -0.05) is 18.2 Å². The Hall–Kier alpha value is -4.54. The van der Waals surface area contributed by atoms with Gasteiger partial charge in [0.05, 0.1) is 22.9 Å². The number of likely N-dealkylation sites (tertiary alicyclic amines) is 1. The SMILES string of the molecule is CC(C)(C)OC(=O)N1CCC12CN(c1ccc3ncnc(Nc4cnc(Oc5ccccc5)c(F)c4)c3n1)C2. The monoisotopic (exact) mass is 529 g/mol. The predicted octanol–water partition coefficient (Wildman–Crippen LogP) is 5.29. The first-order chi connectivity index (χ1) is 18.7. The van der Waals surface area contributed by atoms with Crippen LogP contribution in [0.15, 0.2) is 61.1 Å². The van der Waals surface area contributed by atoms with Crippen LogP contribution in [0.4, 0.5) is 26.5 Å². The first kappa shape index (κ1) is 24.8. The van der Waals surface area contributed by atoms with E-state index in [9.17, 15) is 9.18 Å². The third-order valence-electron chi connectivity index (χ3n) is 6.78. The van der Waals surface area contributed by atoms with E-state index in [1.807, 2.05) is 43.9 Å². The minimum atomic E-state index is -0.614. The quantitative estimate of drug-likeness (QED) is 0.369. The van der Waals surface area contributed by atoms with E-state index in [-0.39, 0.29) is 17.5 Å². The molecule has 3 aromatic heterocycles. The molecule has 0 bridgehead atoms. The number of hydrogen-bond donors (Lipinski definition) is 1. The van der Waals surface area contributed by atoms with E-state index in [1.54, 1.807) is 24.3 Å². The fourth-order valence-corrected chi connectivity index (χ4v) is 4.80. The maximum absolute atomic E-state index is 14.7. The molecule has 2 saturated heterocycles. The third-order valence-corrected chi connectivity index (χ3v) is 6.78. The number of nitrogens with zero attached hydrogens (tertiary/aromatic N) is 6. The maximum atomic E-state index is 14.7. The van der Waals surface area contributed by atoms with Crippen LogP contribution in [-0.4, -0.2) is 61.7 Å². The molecule has 2 aliphatic rings. The average Bonchev–Trinajstić information content (AvgIpc) is 2.84. The number of pyridine rings is 2. The molecule has 0 unspecified atom stereocenters. The predicted molar refractivity (Wildman–Crippen MR) is 144 cm³/mol. The van der Waals surface area contributed by atoms with E-state index in [1.165, 1.54) is 18.6 Å². The van der Waals surface area contributed by atoms with Crippen molar-refractivity contribution < 1.29 is 18.7 Å². The van der Waals surface area contributed by atoms with Gasteiger partial charge in [0.1, 0.15) is 29.0 Å². The van der Waals surface area contributed by atoms with Gasteiger partial charge in [-0.25, -0.2) is 29.1 Å². The second-order valence-electron chi connectivity index (χ2n) is 10.8. The summed E-state index contributed by atoms with van der Waals surface area (Å²) in [7, 11) is 0. The fraction of sp³-hybridized carbons (Fsp3) is 0.321. The van der Waals surface area contributed by atoms with Crippen molar-refractivity contribution >= 4 is 34.4 Å². The van der Waals surface area contributed by atoms with Crippen molar-refractivity contribution in [2.75, 3.05) is 29.9 Å². The molecular formula is C28H28FN7O3. The molecular weight excluding hydrogens is 501 g/mol. The summed E-state index contributed by atoms with van der Waals surface area (Å²) in [6.07, 6.45) is 3.55. The van der Waals surface area contributed by atoms with Crippen molar-refractivity contribution in [3.05, 3.63) is 66.9 Å². The van der Waals surface area contributed by atoms with E-state index < -0.39 is 11.4 Å². The second kappa shape index (κ2) is 9.33. The zero-order chi connectivity index (χ0) is 27.2. The molecule has 2 fully saturated rings. The molecule has 0 saturated carbocycles. The summed E-state index contributed by atoms with van der Waals surface area (Å²) in [5, 5.41) is 3.10. The molecule has 2 aliphatic heterocycles. The summed E-state index contributed by atoms with van der Waals surface area (Å²) in [5.41, 5.74) is 0.820. The van der Waals surface area contributed by atoms with Crippen LogP contribution in [0.25, 0.3) is 11.0 Å². The van der Waals surface area contributed by atoms with Crippen LogP contribution in [-0.2, 0) is 4.74 Å². The average molecular weight is 530 g/mol. The lowest BCUT2D eigenvalue weighted by Gasteiger charge is -2.62. The number of para-hydroxylation sites is 1. The maximum Gasteiger partial charge on any atom is 0.410 e. The van der Waals surface area contributed by atoms with E-state index in [0.29, 0.717) is 47.9 Å². The largest absolute Gasteiger partial charge is 0.444 e. The van der Waals surface area contributed by atoms with E-state index in [0.717, 1.165) is 12.2 Å². The van der Waals surface area contributed by atoms with Crippen LogP contribution in [0.2, 0.25) is 0 Å². The van der Waals surface area contributed by atoms with Gasteiger partial charge in [0.15, 0.2) is 11.6 Å². The molecule has 1 spiro atoms. The van der Waals surface area contributed by atoms with Crippen LogP contribution < -0.4 is 15.0 Å². The van der Waals surface area contributed by atoms with Gasteiger partial charge in [-0.2, -0.15) is 0 Å². The number of carbonyl (C=O) groups is 1. The lowest BCUT2D eigenvalue weighted by molar-refractivity contribution is -0.0562. The zero-order valence-electron chi connectivity index (χ0n) is 21.9. The lowest BCUT2D eigenvalue weighted by atomic mass is 9.78. The van der Waals surface area contributed by atoms with Crippen LogP contribution in [0.5, 0.6) is 11.6 Å². The highest BCUT2D eigenvalue weighted by molar-refractivity contribution is 5.88. The topological polar surface area (TPSA) is 106 Å². The Balaban J connectivity index is 1.18. The molecule has 6 rings (SSSR count). The summed E-state index contributed by atoms with van der Waals surface area (Å²) in [6, 6.07) is 14.0. The fourth-order valence-electron chi connectivity index (χ4n) is 4.80. The van der Waals surface area contributed by atoms with Gasteiger partial charge >= 0.3 is 6.09 Å². The number of anilines is 3. The van der Waals surface area contributed by atoms with Crippen LogP contribution in [0, 0.1) is 5.82 Å². The number of hydrogen-bond acceptors (Lipinski definition) is 9. The van der Waals surface area contributed by atoms with Gasteiger partial charge in [0.25, 0.3) is 5.88 Å². The van der Waals surface area contributed by atoms with Crippen molar-refractivity contribution in [2.45, 2.75) is 38.3 Å². The first-order valence-corrected chi connectivity index (χ1v) is 12.7. The summed E-state index contributed by atoms with van der Waals surface area (Å²) < 4.78 is 25.9. The summed E-state index contributed by atoms with van der Waals surface area (Å²) >= 11 is 0. The lowest BCUT2D eigenvalue weighted by Crippen LogP contribution is -2.78. The Morgan fingerprint density at radius 3 is 2.56 bits per heavy atom. The van der Waals surface area contributed by atoms with Crippen molar-refractivity contribution in [2.24, 2.45) is 0 Å². The Bertz CT molecular complexity index is 1540. The molecule has 4 aromatic rings. The molecule has 39 heavy (non-hydrogen) atoms. The summed E-state index contributed by atoms with van der Waals surface area (Å²) in [6.45, 7) is 7.63. The highest BCUT2D eigenvalue weighted by Crippen LogP contribution is 2.42. The van der Waals surface area contributed by atoms with Gasteiger partial charge in [0, 0.05) is 25.7 Å². The number of ether oxygens (including phenoxy) is 2. The molecule has 0 aliphatic carbocycles. The Kier molecular flexibility index (Phi) is 5.93. The van der Waals surface area contributed by atoms with Crippen molar-refractivity contribution in [1.82, 2.24) is 24.8 Å². The van der Waals surface area contributed by atoms with E-state index in [4.69, 9.17) is 14.5 Å². The number of amides is 1. The molecule has 1 aromatic carbocycles. The highest BCUT2D eigenvalue weighted by Gasteiger charge is 2.56. The van der Waals surface area contributed by atoms with Gasteiger partial charge in [-0.05, 0) is 51.5 Å². The zero-order valence-corrected chi connectivity index (χ0v) is 21.9. The van der Waals surface area contributed by atoms with Gasteiger partial charge in [-0.15, -0.1) is 0 Å². The summed E-state index contributed by atoms with van der Waals surface area (Å²) in [4.78, 5) is 34.1. The molecule has 5 heterocycles. The van der Waals surface area contributed by atoms with Gasteiger partial charge in [-0.3, -0.25) is 4.90 Å². The number of halogens is 1. The minimum Gasteiger partial charge on any atom is -0.444 e. The van der Waals surface area contributed by atoms with Gasteiger partial charge in [0.2, 0.25) is 0 Å². The van der Waals surface area contributed by atoms with Crippen LogP contribution >= 0.6 is 0 Å². The molecule has 0 atom stereocenters.